The zero-order valence-corrected chi connectivity index (χ0v) is 23.9. The number of rotatable bonds is 12. The fourth-order valence-electron chi connectivity index (χ4n) is 3.99. The molecule has 0 spiro atoms. The van der Waals surface area contributed by atoms with Gasteiger partial charge in [0.2, 0.25) is 21.8 Å². The lowest BCUT2D eigenvalue weighted by atomic mass is 10.1. The average molecular weight is 532 g/mol. The molecular weight excluding hydrogens is 490 g/mol. The minimum absolute atomic E-state index is 0.0851. The van der Waals surface area contributed by atoms with Crippen molar-refractivity contribution in [1.82, 2.24) is 10.2 Å². The van der Waals surface area contributed by atoms with E-state index in [2.05, 4.69) is 5.32 Å². The molecule has 0 aliphatic carbocycles. The molecule has 0 bridgehead atoms. The summed E-state index contributed by atoms with van der Waals surface area (Å²) in [6.07, 6.45) is 1.51. The summed E-state index contributed by atoms with van der Waals surface area (Å²) in [4.78, 5) is 28.0. The van der Waals surface area contributed by atoms with Crippen LogP contribution in [0.25, 0.3) is 0 Å². The molecule has 2 rings (SSSR count). The third-order valence-corrected chi connectivity index (χ3v) is 6.87. The van der Waals surface area contributed by atoms with E-state index in [1.807, 2.05) is 58.9 Å². The maximum absolute atomic E-state index is 13.4. The molecule has 1 N–H and O–H groups in total. The van der Waals surface area contributed by atoms with Crippen LogP contribution in [-0.2, 0) is 26.2 Å². The second kappa shape index (κ2) is 12.9. The van der Waals surface area contributed by atoms with Gasteiger partial charge in [0.1, 0.15) is 11.8 Å². The Labute approximate surface area is 222 Å². The lowest BCUT2D eigenvalue weighted by Gasteiger charge is -2.32. The molecule has 0 radical (unpaired) electrons. The summed E-state index contributed by atoms with van der Waals surface area (Å²) < 4.78 is 32.1. The molecule has 204 valence electrons. The number of hydrogen-bond donors (Lipinski definition) is 1. The number of hydrogen-bond acceptors (Lipinski definition) is 5. The first-order valence-electron chi connectivity index (χ1n) is 12.6. The molecule has 2 aromatic carbocycles. The monoisotopic (exact) mass is 531 g/mol. The van der Waals surface area contributed by atoms with E-state index < -0.39 is 21.6 Å². The molecule has 0 aromatic heterocycles. The topological polar surface area (TPSA) is 96.0 Å². The predicted molar refractivity (Wildman–Crippen MR) is 148 cm³/mol. The smallest absolute Gasteiger partial charge is 0.242 e. The second-order valence-corrected chi connectivity index (χ2v) is 12.2. The Balaban J connectivity index is 2.23. The van der Waals surface area contributed by atoms with Crippen LogP contribution in [0.5, 0.6) is 5.75 Å². The molecule has 0 aliphatic heterocycles. The van der Waals surface area contributed by atoms with E-state index in [4.69, 9.17) is 4.74 Å². The van der Waals surface area contributed by atoms with Crippen LogP contribution in [0.2, 0.25) is 0 Å². The van der Waals surface area contributed by atoms with Crippen LogP contribution in [0.3, 0.4) is 0 Å². The second-order valence-electron chi connectivity index (χ2n) is 10.3. The van der Waals surface area contributed by atoms with E-state index in [0.29, 0.717) is 18.0 Å². The van der Waals surface area contributed by atoms with Crippen LogP contribution >= 0.6 is 0 Å². The third kappa shape index (κ3) is 9.39. The van der Waals surface area contributed by atoms with Gasteiger partial charge in [-0.1, -0.05) is 42.0 Å². The molecule has 1 atom stereocenters. The summed E-state index contributed by atoms with van der Waals surface area (Å²) in [5.41, 5.74) is 1.99. The maximum atomic E-state index is 13.4. The van der Waals surface area contributed by atoms with Crippen molar-refractivity contribution in [3.63, 3.8) is 0 Å². The van der Waals surface area contributed by atoms with Crippen molar-refractivity contribution in [2.75, 3.05) is 23.7 Å². The standard InChI is InChI=1S/C28H41N3O5S/c1-8-36-25-16-10-9-15-24(25)31(37(7,34)35)18-12-17-26(32)30(20-23-14-11-13-21(2)19-23)22(3)27(33)29-28(4,5)6/h9-11,13-16,19,22H,8,12,17-18,20H2,1-7H3,(H,29,33). The zero-order valence-electron chi connectivity index (χ0n) is 23.1. The molecule has 2 amide bonds. The van der Waals surface area contributed by atoms with Gasteiger partial charge in [-0.05, 0) is 65.7 Å². The van der Waals surface area contributed by atoms with Gasteiger partial charge < -0.3 is 15.0 Å². The SMILES string of the molecule is CCOc1ccccc1N(CCCC(=O)N(Cc1cccc(C)c1)C(C)C(=O)NC(C)(C)C)S(C)(=O)=O. The molecule has 37 heavy (non-hydrogen) atoms. The van der Waals surface area contributed by atoms with Crippen LogP contribution in [0, 0.1) is 6.92 Å². The fourth-order valence-corrected chi connectivity index (χ4v) is 4.96. The molecule has 0 aliphatic rings. The number of anilines is 1. The number of para-hydroxylation sites is 2. The number of benzene rings is 2. The molecule has 0 fully saturated rings. The Morgan fingerprint density at radius 1 is 1.08 bits per heavy atom. The first-order valence-corrected chi connectivity index (χ1v) is 14.4. The van der Waals surface area contributed by atoms with E-state index in [0.717, 1.165) is 17.4 Å². The third-order valence-electron chi connectivity index (χ3n) is 5.69. The average Bonchev–Trinajstić information content (AvgIpc) is 2.78. The molecule has 1 unspecified atom stereocenters. The Hall–Kier alpha value is -3.07. The zero-order chi connectivity index (χ0) is 27.8. The number of carbonyl (C=O) groups is 2. The number of sulfonamides is 1. The summed E-state index contributed by atoms with van der Waals surface area (Å²) in [6, 6.07) is 14.1. The van der Waals surface area contributed by atoms with Crippen molar-refractivity contribution >= 4 is 27.5 Å². The maximum Gasteiger partial charge on any atom is 0.242 e. The van der Waals surface area contributed by atoms with Gasteiger partial charge >= 0.3 is 0 Å². The largest absolute Gasteiger partial charge is 0.492 e. The van der Waals surface area contributed by atoms with E-state index in [1.165, 1.54) is 4.31 Å². The van der Waals surface area contributed by atoms with Gasteiger partial charge in [0, 0.05) is 25.0 Å². The molecular formula is C28H41N3O5S. The highest BCUT2D eigenvalue weighted by molar-refractivity contribution is 7.92. The van der Waals surface area contributed by atoms with Crippen molar-refractivity contribution in [3.8, 4) is 5.75 Å². The van der Waals surface area contributed by atoms with Crippen molar-refractivity contribution in [2.45, 2.75) is 72.5 Å². The van der Waals surface area contributed by atoms with Gasteiger partial charge in [0.25, 0.3) is 0 Å². The number of nitrogens with one attached hydrogen (secondary N) is 1. The lowest BCUT2D eigenvalue weighted by molar-refractivity contribution is -0.141. The van der Waals surface area contributed by atoms with Crippen molar-refractivity contribution in [1.29, 1.82) is 0 Å². The summed E-state index contributed by atoms with van der Waals surface area (Å²) in [7, 11) is -3.62. The van der Waals surface area contributed by atoms with Crippen molar-refractivity contribution < 1.29 is 22.7 Å². The number of amides is 2. The highest BCUT2D eigenvalue weighted by Gasteiger charge is 2.29. The minimum atomic E-state index is -3.62. The summed E-state index contributed by atoms with van der Waals surface area (Å²) in [5.74, 6) is 0.0109. The van der Waals surface area contributed by atoms with Gasteiger partial charge in [0.15, 0.2) is 0 Å². The number of nitrogens with zero attached hydrogens (tertiary/aromatic N) is 2. The first-order chi connectivity index (χ1) is 17.2. The summed E-state index contributed by atoms with van der Waals surface area (Å²) in [6.45, 7) is 12.0. The molecule has 0 saturated heterocycles. The quantitative estimate of drug-likeness (QED) is 0.441. The number of aryl methyl sites for hydroxylation is 1. The van der Waals surface area contributed by atoms with Crippen LogP contribution in [0.4, 0.5) is 5.69 Å². The Morgan fingerprint density at radius 2 is 1.76 bits per heavy atom. The van der Waals surface area contributed by atoms with Gasteiger partial charge in [-0.15, -0.1) is 0 Å². The van der Waals surface area contributed by atoms with E-state index in [9.17, 15) is 18.0 Å². The highest BCUT2D eigenvalue weighted by atomic mass is 32.2. The fraction of sp³-hybridized carbons (Fsp3) is 0.500. The van der Waals surface area contributed by atoms with Gasteiger partial charge in [-0.25, -0.2) is 8.42 Å². The summed E-state index contributed by atoms with van der Waals surface area (Å²) in [5, 5.41) is 2.95. The minimum Gasteiger partial charge on any atom is -0.492 e. The van der Waals surface area contributed by atoms with E-state index in [-0.39, 0.29) is 37.7 Å². The number of carbonyl (C=O) groups excluding carboxylic acids is 2. The summed E-state index contributed by atoms with van der Waals surface area (Å²) >= 11 is 0. The van der Waals surface area contributed by atoms with Crippen molar-refractivity contribution in [2.24, 2.45) is 0 Å². The normalized spacial score (nSPS) is 12.5. The first kappa shape index (κ1) is 30.2. The van der Waals surface area contributed by atoms with Gasteiger partial charge in [-0.2, -0.15) is 0 Å². The van der Waals surface area contributed by atoms with Crippen LogP contribution in [0.15, 0.2) is 48.5 Å². The lowest BCUT2D eigenvalue weighted by Crippen LogP contribution is -2.52. The Bertz CT molecular complexity index is 1170. The van der Waals surface area contributed by atoms with Gasteiger partial charge in [0.05, 0.1) is 18.6 Å². The molecule has 9 heteroatoms. The van der Waals surface area contributed by atoms with Crippen LogP contribution in [0.1, 0.15) is 58.6 Å². The van der Waals surface area contributed by atoms with Crippen LogP contribution in [-0.4, -0.2) is 56.1 Å². The molecule has 0 saturated carbocycles. The predicted octanol–water partition coefficient (Wildman–Crippen LogP) is 4.27. The Kier molecular flexibility index (Phi) is 10.5. The van der Waals surface area contributed by atoms with E-state index >= 15 is 0 Å². The van der Waals surface area contributed by atoms with E-state index in [1.54, 1.807) is 36.1 Å². The highest BCUT2D eigenvalue weighted by Crippen LogP contribution is 2.30. The molecule has 0 heterocycles. The van der Waals surface area contributed by atoms with Gasteiger partial charge in [-0.3, -0.25) is 13.9 Å². The van der Waals surface area contributed by atoms with Crippen molar-refractivity contribution in [3.05, 3.63) is 59.7 Å². The molecule has 8 nitrogen and oxygen atoms in total. The van der Waals surface area contributed by atoms with Crippen LogP contribution < -0.4 is 14.4 Å². The molecule has 2 aromatic rings. The Morgan fingerprint density at radius 3 is 2.35 bits per heavy atom. The number of ether oxygens (including phenoxy) is 1.